The van der Waals surface area contributed by atoms with Crippen LogP contribution in [-0.2, 0) is 18.9 Å². The summed E-state index contributed by atoms with van der Waals surface area (Å²) in [5.74, 6) is 0. The highest BCUT2D eigenvalue weighted by Crippen LogP contribution is 2.32. The highest BCUT2D eigenvalue weighted by Gasteiger charge is 2.48. The van der Waals surface area contributed by atoms with Crippen molar-refractivity contribution in [2.24, 2.45) is 0 Å². The fraction of sp³-hybridized carbons (Fsp3) is 1.00. The summed E-state index contributed by atoms with van der Waals surface area (Å²) in [4.78, 5) is 2.00. The summed E-state index contributed by atoms with van der Waals surface area (Å²) >= 11 is 0. The van der Waals surface area contributed by atoms with Crippen LogP contribution in [0.4, 0.5) is 0 Å². The SMILES string of the molecule is COC(C)C(C)(OC)N(C)C(C)(OC)C(C)OC. The van der Waals surface area contributed by atoms with Crippen LogP contribution in [0.1, 0.15) is 27.7 Å². The molecule has 5 nitrogen and oxygen atoms in total. The van der Waals surface area contributed by atoms with Crippen LogP contribution >= 0.6 is 0 Å². The Kier molecular flexibility index (Phi) is 6.74. The molecule has 0 aliphatic heterocycles. The van der Waals surface area contributed by atoms with E-state index in [9.17, 15) is 0 Å². The van der Waals surface area contributed by atoms with Gasteiger partial charge in [-0.3, -0.25) is 0 Å². The summed E-state index contributed by atoms with van der Waals surface area (Å²) in [7, 11) is 8.61. The van der Waals surface area contributed by atoms with Gasteiger partial charge in [-0.25, -0.2) is 4.90 Å². The molecule has 0 heterocycles. The number of methoxy groups -OCH3 is 4. The Hall–Kier alpha value is -0.200. The topological polar surface area (TPSA) is 40.2 Å². The number of hydrogen-bond donors (Lipinski definition) is 0. The largest absolute Gasteiger partial charge is 0.377 e. The summed E-state index contributed by atoms with van der Waals surface area (Å²) < 4.78 is 22.2. The first-order chi connectivity index (χ1) is 8.24. The van der Waals surface area contributed by atoms with Crippen molar-refractivity contribution in [3.8, 4) is 0 Å². The Balaban J connectivity index is 5.35. The van der Waals surface area contributed by atoms with Crippen LogP contribution in [0.15, 0.2) is 0 Å². The molecule has 0 amide bonds. The van der Waals surface area contributed by atoms with Crippen LogP contribution in [-0.4, -0.2) is 64.0 Å². The van der Waals surface area contributed by atoms with Crippen molar-refractivity contribution < 1.29 is 18.9 Å². The van der Waals surface area contributed by atoms with Crippen molar-refractivity contribution in [2.45, 2.75) is 51.4 Å². The Morgan fingerprint density at radius 2 is 1.06 bits per heavy atom. The summed E-state index contributed by atoms with van der Waals surface area (Å²) in [5.41, 5.74) is -1.24. The fourth-order valence-corrected chi connectivity index (χ4v) is 2.03. The maximum absolute atomic E-state index is 5.66. The lowest BCUT2D eigenvalue weighted by atomic mass is 10.0. The first kappa shape index (κ1) is 17.8. The molecule has 0 radical (unpaired) electrons. The minimum absolute atomic E-state index is 0.119. The van der Waals surface area contributed by atoms with Gasteiger partial charge in [0.1, 0.15) is 11.4 Å². The van der Waals surface area contributed by atoms with Crippen molar-refractivity contribution >= 4 is 0 Å². The zero-order chi connectivity index (χ0) is 14.6. The monoisotopic (exact) mass is 263 g/mol. The standard InChI is InChI=1S/C13H29NO4/c1-10(15-6)12(3,17-8)14(5)13(4,18-9)11(2)16-7/h10-11H,1-9H3. The molecule has 0 aliphatic rings. The van der Waals surface area contributed by atoms with Crippen LogP contribution in [0.2, 0.25) is 0 Å². The van der Waals surface area contributed by atoms with Gasteiger partial charge in [0, 0.05) is 28.4 Å². The van der Waals surface area contributed by atoms with Gasteiger partial charge < -0.3 is 18.9 Å². The normalized spacial score (nSPS) is 22.3. The average molecular weight is 263 g/mol. The zero-order valence-electron chi connectivity index (χ0n) is 13.2. The van der Waals surface area contributed by atoms with Crippen molar-refractivity contribution in [3.63, 3.8) is 0 Å². The van der Waals surface area contributed by atoms with Crippen LogP contribution < -0.4 is 0 Å². The third-order valence-electron chi connectivity index (χ3n) is 4.37. The smallest absolute Gasteiger partial charge is 0.146 e. The molecule has 18 heavy (non-hydrogen) atoms. The Bertz CT molecular complexity index is 227. The van der Waals surface area contributed by atoms with E-state index in [2.05, 4.69) is 0 Å². The molecular weight excluding hydrogens is 234 g/mol. The number of ether oxygens (including phenoxy) is 4. The lowest BCUT2D eigenvalue weighted by Crippen LogP contribution is -2.66. The molecule has 0 saturated heterocycles. The Morgan fingerprint density at radius 3 is 1.22 bits per heavy atom. The van der Waals surface area contributed by atoms with Crippen molar-refractivity contribution in [2.75, 3.05) is 35.5 Å². The molecule has 0 saturated carbocycles. The van der Waals surface area contributed by atoms with Crippen molar-refractivity contribution in [3.05, 3.63) is 0 Å². The van der Waals surface area contributed by atoms with Gasteiger partial charge in [0.2, 0.25) is 0 Å². The lowest BCUT2D eigenvalue weighted by molar-refractivity contribution is -0.286. The lowest BCUT2D eigenvalue weighted by Gasteiger charge is -2.51. The third kappa shape index (κ3) is 3.03. The predicted molar refractivity (Wildman–Crippen MR) is 71.5 cm³/mol. The van der Waals surface area contributed by atoms with E-state index in [4.69, 9.17) is 18.9 Å². The van der Waals surface area contributed by atoms with Crippen LogP contribution in [0, 0.1) is 0 Å². The molecular formula is C13H29NO4. The summed E-state index contributed by atoms with van der Waals surface area (Å²) in [5, 5.41) is 0. The van der Waals surface area contributed by atoms with Gasteiger partial charge in [-0.05, 0) is 34.7 Å². The van der Waals surface area contributed by atoms with Gasteiger partial charge >= 0.3 is 0 Å². The van der Waals surface area contributed by atoms with E-state index in [-0.39, 0.29) is 12.2 Å². The zero-order valence-corrected chi connectivity index (χ0v) is 13.2. The second kappa shape index (κ2) is 6.82. The number of hydrogen-bond acceptors (Lipinski definition) is 5. The molecule has 0 aromatic heterocycles. The third-order valence-corrected chi connectivity index (χ3v) is 4.37. The molecule has 5 heteroatoms. The molecule has 110 valence electrons. The van der Waals surface area contributed by atoms with Crippen LogP contribution in [0.25, 0.3) is 0 Å². The molecule has 0 aromatic rings. The first-order valence-corrected chi connectivity index (χ1v) is 6.14. The van der Waals surface area contributed by atoms with Gasteiger partial charge in [0.05, 0.1) is 12.2 Å². The van der Waals surface area contributed by atoms with Gasteiger partial charge in [0.25, 0.3) is 0 Å². The minimum atomic E-state index is -0.619. The molecule has 4 unspecified atom stereocenters. The molecule has 0 fully saturated rings. The molecule has 0 rings (SSSR count). The molecule has 4 atom stereocenters. The number of rotatable bonds is 8. The predicted octanol–water partition coefficient (Wildman–Crippen LogP) is 1.71. The van der Waals surface area contributed by atoms with E-state index in [1.54, 1.807) is 28.4 Å². The van der Waals surface area contributed by atoms with Crippen molar-refractivity contribution in [1.82, 2.24) is 4.90 Å². The second-order valence-corrected chi connectivity index (χ2v) is 4.83. The van der Waals surface area contributed by atoms with Gasteiger partial charge in [-0.2, -0.15) is 0 Å². The second-order valence-electron chi connectivity index (χ2n) is 4.83. The van der Waals surface area contributed by atoms with E-state index in [1.165, 1.54) is 0 Å². The van der Waals surface area contributed by atoms with E-state index in [1.807, 2.05) is 39.6 Å². The summed E-state index contributed by atoms with van der Waals surface area (Å²) in [6.07, 6.45) is -0.239. The molecule has 0 N–H and O–H groups in total. The maximum atomic E-state index is 5.66. The van der Waals surface area contributed by atoms with E-state index in [0.29, 0.717) is 0 Å². The average Bonchev–Trinajstić information content (AvgIpc) is 2.42. The summed E-state index contributed by atoms with van der Waals surface area (Å²) in [6.45, 7) is 7.88. The number of nitrogens with zero attached hydrogens (tertiary/aromatic N) is 1. The van der Waals surface area contributed by atoms with E-state index < -0.39 is 11.4 Å². The van der Waals surface area contributed by atoms with Gasteiger partial charge in [0.15, 0.2) is 0 Å². The summed E-state index contributed by atoms with van der Waals surface area (Å²) in [6, 6.07) is 0. The maximum Gasteiger partial charge on any atom is 0.146 e. The number of likely N-dealkylation sites (N-methyl/N-ethyl adjacent to an activating group) is 1. The molecule has 0 bridgehead atoms. The van der Waals surface area contributed by atoms with Crippen LogP contribution in [0.3, 0.4) is 0 Å². The quantitative estimate of drug-likeness (QED) is 0.624. The highest BCUT2D eigenvalue weighted by atomic mass is 16.6. The van der Waals surface area contributed by atoms with E-state index >= 15 is 0 Å². The Labute approximate surface area is 111 Å². The van der Waals surface area contributed by atoms with Gasteiger partial charge in [-0.15, -0.1) is 0 Å². The molecule has 0 aliphatic carbocycles. The minimum Gasteiger partial charge on any atom is -0.377 e. The molecule has 0 spiro atoms. The van der Waals surface area contributed by atoms with Crippen LogP contribution in [0.5, 0.6) is 0 Å². The first-order valence-electron chi connectivity index (χ1n) is 6.14. The highest BCUT2D eigenvalue weighted by molar-refractivity contribution is 4.91. The molecule has 0 aromatic carbocycles. The van der Waals surface area contributed by atoms with Crippen molar-refractivity contribution in [1.29, 1.82) is 0 Å². The fourth-order valence-electron chi connectivity index (χ4n) is 2.03. The van der Waals surface area contributed by atoms with Gasteiger partial charge in [-0.1, -0.05) is 0 Å². The Morgan fingerprint density at radius 1 is 0.778 bits per heavy atom. The van der Waals surface area contributed by atoms with E-state index in [0.717, 1.165) is 0 Å².